The van der Waals surface area contributed by atoms with Gasteiger partial charge in [-0.2, -0.15) is 5.26 Å². The van der Waals surface area contributed by atoms with Crippen LogP contribution in [0.5, 0.6) is 0 Å². The Morgan fingerprint density at radius 3 is 1.90 bits per heavy atom. The van der Waals surface area contributed by atoms with E-state index in [1.807, 2.05) is 6.07 Å². The van der Waals surface area contributed by atoms with Gasteiger partial charge in [0.25, 0.3) is 6.26 Å². The third-order valence-electron chi connectivity index (χ3n) is 0.940. The summed E-state index contributed by atoms with van der Waals surface area (Å²) in [5.74, 6) is 0. The standard InChI is InChI=1S/C6H5.CHNO.Na/c1-2-4-6-5-3-1;2-1-3;/h1-5H;3H;. The summed E-state index contributed by atoms with van der Waals surface area (Å²) in [5, 5.41) is 13.8. The van der Waals surface area contributed by atoms with Crippen molar-refractivity contribution in [2.45, 2.75) is 0 Å². The molecule has 0 spiro atoms. The predicted octanol–water partition coefficient (Wildman–Crippen LogP) is 0.320. The Labute approximate surface area is 77.5 Å². The van der Waals surface area contributed by atoms with Gasteiger partial charge < -0.3 is 5.11 Å². The first kappa shape index (κ1) is 9.51. The summed E-state index contributed by atoms with van der Waals surface area (Å²) in [6.07, 6.45) is 0.750. The van der Waals surface area contributed by atoms with Gasteiger partial charge in [0.2, 0.25) is 0 Å². The van der Waals surface area contributed by atoms with Gasteiger partial charge in [-0.1, -0.05) is 0 Å². The summed E-state index contributed by atoms with van der Waals surface area (Å²) in [7, 11) is 0. The van der Waals surface area contributed by atoms with Crippen molar-refractivity contribution in [2.24, 2.45) is 0 Å². The molecule has 0 heterocycles. The van der Waals surface area contributed by atoms with E-state index in [9.17, 15) is 0 Å². The summed E-state index contributed by atoms with van der Waals surface area (Å²) in [6.45, 7) is 0. The van der Waals surface area contributed by atoms with Crippen molar-refractivity contribution in [3.63, 3.8) is 0 Å². The molecule has 0 saturated carbocycles. The molecule has 0 amide bonds. The van der Waals surface area contributed by atoms with Gasteiger partial charge in [-0.3, -0.25) is 0 Å². The Morgan fingerprint density at radius 2 is 1.70 bits per heavy atom. The number of aliphatic hydroxyl groups excluding tert-OH is 1. The molecule has 0 saturated heterocycles. The second kappa shape index (κ2) is 6.63. The summed E-state index contributed by atoms with van der Waals surface area (Å²) < 4.78 is 1.46. The average molecular weight is 143 g/mol. The van der Waals surface area contributed by atoms with Gasteiger partial charge >= 0.3 is 61.1 Å². The van der Waals surface area contributed by atoms with Crippen molar-refractivity contribution in [1.29, 1.82) is 5.26 Å². The van der Waals surface area contributed by atoms with Crippen LogP contribution in [0.1, 0.15) is 0 Å². The van der Waals surface area contributed by atoms with E-state index in [-0.39, 0.29) is 0 Å². The fourth-order valence-corrected chi connectivity index (χ4v) is 0.919. The monoisotopic (exact) mass is 143 g/mol. The van der Waals surface area contributed by atoms with Crippen LogP contribution in [0.4, 0.5) is 0 Å². The fraction of sp³-hybridized carbons (Fsp3) is 0. The molecule has 46 valence electrons. The number of hydrogen-bond acceptors (Lipinski definition) is 2. The van der Waals surface area contributed by atoms with E-state index >= 15 is 0 Å². The zero-order valence-corrected chi connectivity index (χ0v) is 7.78. The van der Waals surface area contributed by atoms with Crippen LogP contribution in [0, 0.1) is 11.5 Å². The number of aliphatic hydroxyl groups is 1. The Kier molecular flexibility index (Phi) is 6.30. The zero-order valence-electron chi connectivity index (χ0n) is 5.78. The van der Waals surface area contributed by atoms with Crippen LogP contribution in [0.2, 0.25) is 0 Å². The van der Waals surface area contributed by atoms with Crippen LogP contribution in [0.3, 0.4) is 0 Å². The topological polar surface area (TPSA) is 44.0 Å². The van der Waals surface area contributed by atoms with E-state index < -0.39 is 0 Å². The van der Waals surface area contributed by atoms with E-state index in [4.69, 9.17) is 10.4 Å². The molecule has 0 fully saturated rings. The molecule has 3 heteroatoms. The summed E-state index contributed by atoms with van der Waals surface area (Å²) in [5.41, 5.74) is 0. The maximum atomic E-state index is 6.88. The Balaban J connectivity index is 0.000000236. The van der Waals surface area contributed by atoms with Gasteiger partial charge in [0.05, 0.1) is 0 Å². The molecule has 0 aliphatic heterocycles. The normalized spacial score (nSPS) is 6.90. The molecule has 0 aromatic heterocycles. The van der Waals surface area contributed by atoms with Gasteiger partial charge in [0, 0.05) is 0 Å². The molecular formula is C7H6NNaO. The molecule has 1 aromatic rings. The molecule has 0 aliphatic carbocycles. The molecule has 0 radical (unpaired) electrons. The van der Waals surface area contributed by atoms with Gasteiger partial charge in [0.1, 0.15) is 0 Å². The molecule has 0 aliphatic rings. The first-order chi connectivity index (χ1) is 4.81. The van der Waals surface area contributed by atoms with Crippen LogP contribution in [0.25, 0.3) is 0 Å². The van der Waals surface area contributed by atoms with Gasteiger partial charge in [-0.15, -0.1) is 0 Å². The molecule has 0 bridgehead atoms. The fourth-order valence-electron chi connectivity index (χ4n) is 0.534. The van der Waals surface area contributed by atoms with E-state index in [1.54, 1.807) is 0 Å². The maximum absolute atomic E-state index is 6.88. The van der Waals surface area contributed by atoms with Crippen molar-refractivity contribution in [3.05, 3.63) is 30.3 Å². The second-order valence-electron chi connectivity index (χ2n) is 1.75. The third kappa shape index (κ3) is 5.64. The van der Waals surface area contributed by atoms with Gasteiger partial charge in [-0.25, -0.2) is 0 Å². The molecule has 1 rings (SSSR count). The SMILES string of the molecule is N#CO.[Na][c]1ccccc1. The molecule has 1 N–H and O–H groups in total. The van der Waals surface area contributed by atoms with Crippen molar-refractivity contribution in [3.8, 4) is 6.26 Å². The minimum atomic E-state index is 0.750. The van der Waals surface area contributed by atoms with Crippen LogP contribution < -0.4 is 2.81 Å². The van der Waals surface area contributed by atoms with Crippen LogP contribution >= 0.6 is 0 Å². The summed E-state index contributed by atoms with van der Waals surface area (Å²) >= 11 is 1.17. The Bertz CT molecular complexity index is 205. The first-order valence-corrected chi connectivity index (χ1v) is 3.86. The number of hydrogen-bond donors (Lipinski definition) is 1. The number of nitriles is 1. The van der Waals surface area contributed by atoms with Crippen LogP contribution in [-0.4, -0.2) is 33.0 Å². The molecule has 10 heavy (non-hydrogen) atoms. The van der Waals surface area contributed by atoms with Crippen molar-refractivity contribution < 1.29 is 5.11 Å². The average Bonchev–Trinajstić information content (AvgIpc) is 1.91. The van der Waals surface area contributed by atoms with Crippen molar-refractivity contribution >= 4 is 30.7 Å². The Morgan fingerprint density at radius 1 is 1.30 bits per heavy atom. The van der Waals surface area contributed by atoms with Crippen LogP contribution in [-0.2, 0) is 0 Å². The molecule has 0 unspecified atom stereocenters. The number of rotatable bonds is 0. The number of benzene rings is 1. The third-order valence-corrected chi connectivity index (χ3v) is 1.61. The molecule has 0 atom stereocenters. The second-order valence-corrected chi connectivity index (χ2v) is 2.91. The van der Waals surface area contributed by atoms with E-state index in [2.05, 4.69) is 24.3 Å². The molecular weight excluding hydrogens is 137 g/mol. The first-order valence-electron chi connectivity index (χ1n) is 2.86. The van der Waals surface area contributed by atoms with E-state index in [0.29, 0.717) is 0 Å². The van der Waals surface area contributed by atoms with Gasteiger partial charge in [-0.05, 0) is 0 Å². The van der Waals surface area contributed by atoms with Crippen molar-refractivity contribution in [2.75, 3.05) is 0 Å². The summed E-state index contributed by atoms with van der Waals surface area (Å²) in [6, 6.07) is 10.5. The zero-order chi connectivity index (χ0) is 7.82. The van der Waals surface area contributed by atoms with Crippen LogP contribution in [0.15, 0.2) is 30.3 Å². The van der Waals surface area contributed by atoms with Gasteiger partial charge in [0.15, 0.2) is 0 Å². The van der Waals surface area contributed by atoms with E-state index in [0.717, 1.165) is 6.26 Å². The predicted molar refractivity (Wildman–Crippen MR) is 39.4 cm³/mol. The molecule has 1 aromatic carbocycles. The van der Waals surface area contributed by atoms with Crippen molar-refractivity contribution in [1.82, 2.24) is 0 Å². The summed E-state index contributed by atoms with van der Waals surface area (Å²) in [4.78, 5) is 0. The Hall–Kier alpha value is -0.490. The minimum absolute atomic E-state index is 0.750. The molecule has 2 nitrogen and oxygen atoms in total. The van der Waals surface area contributed by atoms with E-state index in [1.165, 1.54) is 30.7 Å². The quantitative estimate of drug-likeness (QED) is 0.420. The number of nitrogens with zero attached hydrogens (tertiary/aromatic N) is 1.